The molecule has 3 rings (SSSR count). The van der Waals surface area contributed by atoms with Crippen LogP contribution in [0.2, 0.25) is 0 Å². The number of piperidine rings is 2. The largest absolute Gasteiger partial charge is 0.342 e. The number of amides is 1. The number of carbonyl (C=O) groups is 1. The molecule has 0 spiro atoms. The number of nitrogens with zero attached hydrogens (tertiary/aromatic N) is 2. The first-order valence-electron chi connectivity index (χ1n) is 11.5. The highest BCUT2D eigenvalue weighted by Crippen LogP contribution is 2.26. The van der Waals surface area contributed by atoms with Crippen LogP contribution in [0.3, 0.4) is 0 Å². The summed E-state index contributed by atoms with van der Waals surface area (Å²) in [5.74, 6) is 0.252. The van der Waals surface area contributed by atoms with E-state index < -0.39 is 24.6 Å². The molecule has 7 nitrogen and oxygen atoms in total. The van der Waals surface area contributed by atoms with Crippen molar-refractivity contribution >= 4 is 25.8 Å². The molecule has 0 bridgehead atoms. The zero-order valence-corrected chi connectivity index (χ0v) is 21.1. The van der Waals surface area contributed by atoms with E-state index in [0.717, 1.165) is 24.8 Å². The molecule has 2 fully saturated rings. The zero-order valence-electron chi connectivity index (χ0n) is 19.4. The van der Waals surface area contributed by atoms with Gasteiger partial charge >= 0.3 is 0 Å². The number of sulfonamides is 1. The lowest BCUT2D eigenvalue weighted by atomic mass is 9.98. The Morgan fingerprint density at radius 1 is 0.906 bits per heavy atom. The van der Waals surface area contributed by atoms with E-state index in [0.29, 0.717) is 39.0 Å². The fraction of sp³-hybridized carbons (Fsp3) is 0.696. The lowest BCUT2D eigenvalue weighted by molar-refractivity contribution is -0.131. The van der Waals surface area contributed by atoms with Crippen molar-refractivity contribution in [3.8, 4) is 0 Å². The molecular formula is C23H36N2O5S2. The van der Waals surface area contributed by atoms with Crippen molar-refractivity contribution in [1.29, 1.82) is 0 Å². The third-order valence-corrected chi connectivity index (χ3v) is 11.3. The summed E-state index contributed by atoms with van der Waals surface area (Å²) in [5.41, 5.74) is 0.782. The first-order chi connectivity index (χ1) is 14.9. The van der Waals surface area contributed by atoms with Crippen LogP contribution in [0.5, 0.6) is 0 Å². The fourth-order valence-corrected chi connectivity index (χ4v) is 7.20. The van der Waals surface area contributed by atoms with Gasteiger partial charge in [-0.15, -0.1) is 0 Å². The van der Waals surface area contributed by atoms with Gasteiger partial charge in [-0.3, -0.25) is 4.79 Å². The maximum atomic E-state index is 12.8. The molecule has 0 radical (unpaired) electrons. The van der Waals surface area contributed by atoms with Crippen molar-refractivity contribution in [2.45, 2.75) is 68.9 Å². The smallest absolute Gasteiger partial charge is 0.243 e. The van der Waals surface area contributed by atoms with Gasteiger partial charge in [0.25, 0.3) is 0 Å². The second-order valence-corrected chi connectivity index (χ2v) is 14.7. The highest BCUT2D eigenvalue weighted by atomic mass is 32.2. The number of hydrogen-bond donors (Lipinski definition) is 0. The normalized spacial score (nSPS) is 19.8. The molecule has 1 amide bonds. The molecule has 0 aliphatic carbocycles. The van der Waals surface area contributed by atoms with Crippen molar-refractivity contribution in [2.75, 3.05) is 31.9 Å². The summed E-state index contributed by atoms with van der Waals surface area (Å²) in [6.45, 7) is 7.43. The first-order valence-corrected chi connectivity index (χ1v) is 14.6. The Morgan fingerprint density at radius 3 is 2.00 bits per heavy atom. The van der Waals surface area contributed by atoms with Gasteiger partial charge in [0, 0.05) is 26.2 Å². The van der Waals surface area contributed by atoms with Gasteiger partial charge in [0.15, 0.2) is 9.84 Å². The van der Waals surface area contributed by atoms with E-state index in [-0.39, 0.29) is 28.9 Å². The average molecular weight is 485 g/mol. The van der Waals surface area contributed by atoms with Crippen LogP contribution in [0.1, 0.15) is 58.4 Å². The van der Waals surface area contributed by atoms with Gasteiger partial charge in [0.1, 0.15) is 0 Å². The number of hydrogen-bond acceptors (Lipinski definition) is 5. The van der Waals surface area contributed by atoms with Crippen molar-refractivity contribution in [3.63, 3.8) is 0 Å². The summed E-state index contributed by atoms with van der Waals surface area (Å²) >= 11 is 0. The molecule has 0 aromatic heterocycles. The Morgan fingerprint density at radius 2 is 1.47 bits per heavy atom. The van der Waals surface area contributed by atoms with E-state index >= 15 is 0 Å². The minimum absolute atomic E-state index is 0.00577. The molecule has 2 saturated heterocycles. The Kier molecular flexibility index (Phi) is 7.72. The van der Waals surface area contributed by atoms with Crippen LogP contribution in [0.4, 0.5) is 0 Å². The highest BCUT2D eigenvalue weighted by molar-refractivity contribution is 7.92. The Bertz CT molecular complexity index is 997. The molecule has 0 N–H and O–H groups in total. The molecule has 1 aromatic carbocycles. The van der Waals surface area contributed by atoms with Crippen molar-refractivity contribution in [1.82, 2.24) is 9.21 Å². The van der Waals surface area contributed by atoms with Crippen LogP contribution < -0.4 is 0 Å². The SMILES string of the molecule is CC(C)(C)S(=O)(=O)CC1CCN(C(=O)Cc2ccc(S(=O)(=O)N3CCCCC3)cc2)CC1. The molecule has 2 aliphatic rings. The average Bonchev–Trinajstić information content (AvgIpc) is 2.74. The summed E-state index contributed by atoms with van der Waals surface area (Å²) < 4.78 is 51.2. The number of carbonyl (C=O) groups excluding carboxylic acids is 1. The van der Waals surface area contributed by atoms with Gasteiger partial charge in [-0.25, -0.2) is 16.8 Å². The van der Waals surface area contributed by atoms with Crippen LogP contribution in [-0.2, 0) is 31.1 Å². The lowest BCUT2D eigenvalue weighted by Gasteiger charge is -2.33. The topological polar surface area (TPSA) is 91.8 Å². The van der Waals surface area contributed by atoms with Gasteiger partial charge in [-0.2, -0.15) is 4.31 Å². The summed E-state index contributed by atoms with van der Waals surface area (Å²) in [4.78, 5) is 14.8. The van der Waals surface area contributed by atoms with E-state index in [9.17, 15) is 21.6 Å². The van der Waals surface area contributed by atoms with Gasteiger partial charge in [0.2, 0.25) is 15.9 Å². The molecule has 9 heteroatoms. The highest BCUT2D eigenvalue weighted by Gasteiger charge is 2.33. The van der Waals surface area contributed by atoms with E-state index in [1.54, 1.807) is 54.2 Å². The Balaban J connectivity index is 1.53. The van der Waals surface area contributed by atoms with E-state index in [2.05, 4.69) is 0 Å². The number of rotatable bonds is 6. The molecule has 2 heterocycles. The van der Waals surface area contributed by atoms with Crippen LogP contribution in [0.15, 0.2) is 29.2 Å². The number of likely N-dealkylation sites (tertiary alicyclic amines) is 1. The standard InChI is InChI=1S/C23H36N2O5S2/c1-23(2,3)31(27,28)18-20-11-15-24(16-12-20)22(26)17-19-7-9-21(10-8-19)32(29,30)25-13-5-4-6-14-25/h7-10,20H,4-6,11-18H2,1-3H3. The van der Waals surface area contributed by atoms with Crippen LogP contribution in [-0.4, -0.2) is 68.6 Å². The molecule has 2 aliphatic heterocycles. The van der Waals surface area contributed by atoms with E-state index in [1.165, 1.54) is 0 Å². The molecule has 1 aromatic rings. The molecule has 0 saturated carbocycles. The predicted molar refractivity (Wildman–Crippen MR) is 126 cm³/mol. The molecule has 0 unspecified atom stereocenters. The molecule has 0 atom stereocenters. The van der Waals surface area contributed by atoms with Gasteiger partial charge in [-0.1, -0.05) is 18.6 Å². The quantitative estimate of drug-likeness (QED) is 0.619. The zero-order chi connectivity index (χ0) is 23.6. The summed E-state index contributed by atoms with van der Waals surface area (Å²) in [6.07, 6.45) is 4.45. The number of benzene rings is 1. The summed E-state index contributed by atoms with van der Waals surface area (Å²) in [7, 11) is -6.63. The Hall–Kier alpha value is -1.45. The number of sulfone groups is 1. The second-order valence-electron chi connectivity index (χ2n) is 10.0. The van der Waals surface area contributed by atoms with Gasteiger partial charge < -0.3 is 4.90 Å². The van der Waals surface area contributed by atoms with Crippen LogP contribution in [0, 0.1) is 5.92 Å². The lowest BCUT2D eigenvalue weighted by Crippen LogP contribution is -2.42. The Labute approximate surface area is 193 Å². The third kappa shape index (κ3) is 5.91. The monoisotopic (exact) mass is 484 g/mol. The minimum Gasteiger partial charge on any atom is -0.342 e. The molecule has 32 heavy (non-hydrogen) atoms. The van der Waals surface area contributed by atoms with Crippen molar-refractivity contribution < 1.29 is 21.6 Å². The third-order valence-electron chi connectivity index (χ3n) is 6.59. The predicted octanol–water partition coefficient (Wildman–Crippen LogP) is 2.86. The van der Waals surface area contributed by atoms with Crippen LogP contribution >= 0.6 is 0 Å². The van der Waals surface area contributed by atoms with Crippen molar-refractivity contribution in [2.24, 2.45) is 5.92 Å². The van der Waals surface area contributed by atoms with Crippen LogP contribution in [0.25, 0.3) is 0 Å². The fourth-order valence-electron chi connectivity index (χ4n) is 4.23. The minimum atomic E-state index is -3.47. The van der Waals surface area contributed by atoms with E-state index in [1.807, 2.05) is 0 Å². The second kappa shape index (κ2) is 9.81. The van der Waals surface area contributed by atoms with Gasteiger partial charge in [-0.05, 0) is 70.1 Å². The molecular weight excluding hydrogens is 448 g/mol. The summed E-state index contributed by atoms with van der Waals surface area (Å²) in [5, 5.41) is 0. The summed E-state index contributed by atoms with van der Waals surface area (Å²) in [6, 6.07) is 6.63. The first kappa shape index (κ1) is 25.2. The van der Waals surface area contributed by atoms with Crippen molar-refractivity contribution in [3.05, 3.63) is 29.8 Å². The van der Waals surface area contributed by atoms with E-state index in [4.69, 9.17) is 0 Å². The maximum absolute atomic E-state index is 12.8. The van der Waals surface area contributed by atoms with Gasteiger partial charge in [0.05, 0.1) is 21.8 Å². The maximum Gasteiger partial charge on any atom is 0.243 e. The molecule has 180 valence electrons.